The standard InChI is InChI=1S/C20H17F5N4O4/c21-19(22)6-15(19)29(9-30)14-8-32-4-3-13(14)28-7-11-2-1-10(5-12(11)17(28)31)16-26-18(33-27-16)20(23,24)25/h1-2,5,9,13-15H,3-4,6-8H2/t13-,14-,15-/m0/s1. The van der Waals surface area contributed by atoms with Gasteiger partial charge in [-0.15, -0.1) is 0 Å². The van der Waals surface area contributed by atoms with Gasteiger partial charge in [-0.1, -0.05) is 17.3 Å². The Hall–Kier alpha value is -3.09. The largest absolute Gasteiger partial charge is 0.471 e. The number of nitrogens with zero attached hydrogens (tertiary/aromatic N) is 4. The third kappa shape index (κ3) is 3.73. The van der Waals surface area contributed by atoms with E-state index >= 15 is 0 Å². The first-order valence-corrected chi connectivity index (χ1v) is 10.1. The molecule has 2 fully saturated rings. The first-order valence-electron chi connectivity index (χ1n) is 10.1. The van der Waals surface area contributed by atoms with Crippen LogP contribution >= 0.6 is 0 Å². The Bertz CT molecular complexity index is 1100. The molecule has 2 aromatic rings. The number of amides is 2. The van der Waals surface area contributed by atoms with Crippen molar-refractivity contribution in [2.24, 2.45) is 0 Å². The lowest BCUT2D eigenvalue weighted by Crippen LogP contribution is -2.57. The maximum atomic E-state index is 13.7. The quantitative estimate of drug-likeness (QED) is 0.491. The van der Waals surface area contributed by atoms with E-state index in [1.54, 1.807) is 6.07 Å². The Labute approximate surface area is 183 Å². The summed E-state index contributed by atoms with van der Waals surface area (Å²) < 4.78 is 75.2. The van der Waals surface area contributed by atoms with Gasteiger partial charge in [-0.25, -0.2) is 8.78 Å². The van der Waals surface area contributed by atoms with Crippen molar-refractivity contribution < 1.29 is 40.8 Å². The van der Waals surface area contributed by atoms with Gasteiger partial charge >= 0.3 is 12.1 Å². The Balaban J connectivity index is 1.40. The van der Waals surface area contributed by atoms with Crippen LogP contribution in [0.3, 0.4) is 0 Å². The summed E-state index contributed by atoms with van der Waals surface area (Å²) in [6.45, 7) is 0.483. The zero-order valence-corrected chi connectivity index (χ0v) is 16.9. The molecule has 0 N–H and O–H groups in total. The van der Waals surface area contributed by atoms with E-state index in [-0.39, 0.29) is 30.1 Å². The van der Waals surface area contributed by atoms with Crippen molar-refractivity contribution >= 4 is 12.3 Å². The van der Waals surface area contributed by atoms with E-state index in [0.717, 1.165) is 4.90 Å². The highest BCUT2D eigenvalue weighted by Crippen LogP contribution is 2.47. The Kier molecular flexibility index (Phi) is 4.92. The smallest absolute Gasteiger partial charge is 0.379 e. The molecule has 13 heteroatoms. The summed E-state index contributed by atoms with van der Waals surface area (Å²) in [5.74, 6) is -5.20. The molecule has 33 heavy (non-hydrogen) atoms. The predicted molar refractivity (Wildman–Crippen MR) is 98.9 cm³/mol. The van der Waals surface area contributed by atoms with Gasteiger partial charge in [0.15, 0.2) is 0 Å². The maximum Gasteiger partial charge on any atom is 0.471 e. The molecule has 3 atom stereocenters. The Morgan fingerprint density at radius 1 is 1.27 bits per heavy atom. The number of rotatable bonds is 5. The summed E-state index contributed by atoms with van der Waals surface area (Å²) in [6.07, 6.45) is -4.51. The molecule has 3 aliphatic rings. The van der Waals surface area contributed by atoms with E-state index in [4.69, 9.17) is 4.74 Å². The van der Waals surface area contributed by atoms with Crippen molar-refractivity contribution in [2.45, 2.75) is 49.6 Å². The molecule has 1 aromatic heterocycles. The van der Waals surface area contributed by atoms with Crippen LogP contribution < -0.4 is 0 Å². The summed E-state index contributed by atoms with van der Waals surface area (Å²) >= 11 is 0. The molecule has 2 aliphatic heterocycles. The minimum absolute atomic E-state index is 0.0183. The molecule has 8 nitrogen and oxygen atoms in total. The monoisotopic (exact) mass is 472 g/mol. The number of alkyl halides is 5. The fourth-order valence-electron chi connectivity index (χ4n) is 4.45. The van der Waals surface area contributed by atoms with Crippen molar-refractivity contribution in [1.29, 1.82) is 0 Å². The van der Waals surface area contributed by atoms with Crippen LogP contribution in [-0.2, 0) is 22.3 Å². The number of hydrogen-bond acceptors (Lipinski definition) is 6. The van der Waals surface area contributed by atoms with E-state index in [2.05, 4.69) is 14.7 Å². The van der Waals surface area contributed by atoms with E-state index in [0.29, 0.717) is 25.0 Å². The molecule has 5 rings (SSSR count). The second kappa shape index (κ2) is 7.47. The summed E-state index contributed by atoms with van der Waals surface area (Å²) in [5, 5.41) is 3.33. The lowest BCUT2D eigenvalue weighted by atomic mass is 10.00. The molecule has 0 unspecified atom stereocenters. The van der Waals surface area contributed by atoms with Crippen LogP contribution in [0, 0.1) is 0 Å². The molecule has 0 radical (unpaired) electrons. The van der Waals surface area contributed by atoms with Crippen LogP contribution in [0.2, 0.25) is 0 Å². The van der Waals surface area contributed by atoms with Crippen LogP contribution in [0.4, 0.5) is 22.0 Å². The molecule has 0 spiro atoms. The molecule has 1 saturated carbocycles. The van der Waals surface area contributed by atoms with Gasteiger partial charge in [-0.3, -0.25) is 9.59 Å². The average Bonchev–Trinajstić information content (AvgIpc) is 3.13. The minimum Gasteiger partial charge on any atom is -0.379 e. The third-order valence-electron chi connectivity index (χ3n) is 6.22. The Morgan fingerprint density at radius 2 is 2.03 bits per heavy atom. The number of aromatic nitrogens is 2. The topological polar surface area (TPSA) is 88.8 Å². The van der Waals surface area contributed by atoms with Crippen molar-refractivity contribution in [3.8, 4) is 11.4 Å². The first kappa shape index (κ1) is 21.7. The normalized spacial score (nSPS) is 26.3. The second-order valence-corrected chi connectivity index (χ2v) is 8.26. The summed E-state index contributed by atoms with van der Waals surface area (Å²) in [5.41, 5.74) is 1.02. The lowest BCUT2D eigenvalue weighted by molar-refractivity contribution is -0.159. The van der Waals surface area contributed by atoms with Gasteiger partial charge in [0.1, 0.15) is 6.04 Å². The molecule has 1 saturated heterocycles. The average molecular weight is 472 g/mol. The number of benzene rings is 1. The Morgan fingerprint density at radius 3 is 2.67 bits per heavy atom. The fourth-order valence-corrected chi connectivity index (χ4v) is 4.45. The van der Waals surface area contributed by atoms with E-state index in [9.17, 15) is 31.5 Å². The van der Waals surface area contributed by atoms with Gasteiger partial charge in [0.05, 0.1) is 18.7 Å². The second-order valence-electron chi connectivity index (χ2n) is 8.26. The van der Waals surface area contributed by atoms with Crippen LogP contribution in [0.5, 0.6) is 0 Å². The molecule has 3 heterocycles. The van der Waals surface area contributed by atoms with Crippen molar-refractivity contribution in [2.75, 3.05) is 13.2 Å². The third-order valence-corrected chi connectivity index (χ3v) is 6.22. The van der Waals surface area contributed by atoms with Crippen LogP contribution in [0.15, 0.2) is 22.7 Å². The molecule has 0 bridgehead atoms. The number of hydrogen-bond donors (Lipinski definition) is 0. The van der Waals surface area contributed by atoms with E-state index < -0.39 is 48.4 Å². The highest BCUT2D eigenvalue weighted by Gasteiger charge is 2.62. The molecular weight excluding hydrogens is 455 g/mol. The number of carbonyl (C=O) groups excluding carboxylic acids is 2. The molecule has 2 amide bonds. The number of fused-ring (bicyclic) bond motifs is 1. The molecule has 1 aromatic carbocycles. The summed E-state index contributed by atoms with van der Waals surface area (Å²) in [4.78, 5) is 30.7. The van der Waals surface area contributed by atoms with E-state index in [1.165, 1.54) is 17.0 Å². The van der Waals surface area contributed by atoms with Gasteiger partial charge < -0.3 is 19.1 Å². The van der Waals surface area contributed by atoms with Gasteiger partial charge in [0, 0.05) is 30.7 Å². The SMILES string of the molecule is O=CN([C@H]1CC1(F)F)[C@H]1COCC[C@@H]1N1Cc2ccc(-c3noc(C(F)(F)F)n3)cc2C1=O. The summed E-state index contributed by atoms with van der Waals surface area (Å²) in [7, 11) is 0. The van der Waals surface area contributed by atoms with Gasteiger partial charge in [-0.05, 0) is 18.1 Å². The fraction of sp³-hybridized carbons (Fsp3) is 0.500. The number of halogens is 5. The molecule has 1 aliphatic carbocycles. The van der Waals surface area contributed by atoms with Gasteiger partial charge in [-0.2, -0.15) is 18.2 Å². The van der Waals surface area contributed by atoms with E-state index in [1.807, 2.05) is 0 Å². The highest BCUT2D eigenvalue weighted by molar-refractivity contribution is 5.99. The van der Waals surface area contributed by atoms with Crippen LogP contribution in [0.1, 0.15) is 34.7 Å². The minimum atomic E-state index is -4.80. The van der Waals surface area contributed by atoms with Gasteiger partial charge in [0.2, 0.25) is 12.2 Å². The first-order chi connectivity index (χ1) is 15.6. The number of ether oxygens (including phenoxy) is 1. The number of carbonyl (C=O) groups is 2. The lowest BCUT2D eigenvalue weighted by Gasteiger charge is -2.42. The van der Waals surface area contributed by atoms with Gasteiger partial charge in [0.25, 0.3) is 11.8 Å². The van der Waals surface area contributed by atoms with Crippen LogP contribution in [0.25, 0.3) is 11.4 Å². The van der Waals surface area contributed by atoms with Crippen molar-refractivity contribution in [3.05, 3.63) is 35.2 Å². The summed E-state index contributed by atoms with van der Waals surface area (Å²) in [6, 6.07) is 1.92. The molecule has 176 valence electrons. The maximum absolute atomic E-state index is 13.7. The zero-order valence-electron chi connectivity index (χ0n) is 16.9. The van der Waals surface area contributed by atoms with Crippen molar-refractivity contribution in [1.82, 2.24) is 19.9 Å². The molecular formula is C20H17F5N4O4. The van der Waals surface area contributed by atoms with Crippen molar-refractivity contribution in [3.63, 3.8) is 0 Å². The zero-order chi connectivity index (χ0) is 23.5. The highest BCUT2D eigenvalue weighted by atomic mass is 19.4. The van der Waals surface area contributed by atoms with Crippen LogP contribution in [-0.4, -0.2) is 69.5 Å². The predicted octanol–water partition coefficient (Wildman–Crippen LogP) is 2.73.